The summed E-state index contributed by atoms with van der Waals surface area (Å²) in [7, 11) is 0. The molecule has 2 aromatic rings. The van der Waals surface area contributed by atoms with Crippen LogP contribution in [0.15, 0.2) is 34.1 Å². The molecular formula is C12H10BrNO2S. The van der Waals surface area contributed by atoms with Gasteiger partial charge in [-0.05, 0) is 40.2 Å². The maximum Gasteiger partial charge on any atom is 0.231 e. The van der Waals surface area contributed by atoms with Gasteiger partial charge in [-0.1, -0.05) is 0 Å². The van der Waals surface area contributed by atoms with E-state index in [0.29, 0.717) is 6.79 Å². The third-order valence-electron chi connectivity index (χ3n) is 2.47. The highest BCUT2D eigenvalue weighted by Gasteiger charge is 2.12. The number of hydrogen-bond donors (Lipinski definition) is 1. The van der Waals surface area contributed by atoms with Crippen molar-refractivity contribution in [2.45, 2.75) is 6.54 Å². The third-order valence-corrected chi connectivity index (χ3v) is 4.09. The van der Waals surface area contributed by atoms with Gasteiger partial charge in [0.2, 0.25) is 6.79 Å². The molecule has 0 saturated heterocycles. The van der Waals surface area contributed by atoms with Gasteiger partial charge < -0.3 is 14.8 Å². The summed E-state index contributed by atoms with van der Waals surface area (Å²) < 4.78 is 11.7. The Balaban J connectivity index is 1.69. The van der Waals surface area contributed by atoms with Crippen molar-refractivity contribution in [2.75, 3.05) is 12.1 Å². The van der Waals surface area contributed by atoms with Crippen LogP contribution in [0.4, 0.5) is 5.69 Å². The van der Waals surface area contributed by atoms with Gasteiger partial charge >= 0.3 is 0 Å². The molecule has 5 heteroatoms. The molecule has 1 aliphatic rings. The normalized spacial score (nSPS) is 12.8. The lowest BCUT2D eigenvalue weighted by Gasteiger charge is -2.05. The minimum atomic E-state index is 0.316. The molecule has 0 aliphatic carbocycles. The first-order chi connectivity index (χ1) is 8.31. The van der Waals surface area contributed by atoms with Gasteiger partial charge in [-0.2, -0.15) is 0 Å². The van der Waals surface area contributed by atoms with Crippen molar-refractivity contribution in [2.24, 2.45) is 0 Å². The molecule has 3 rings (SSSR count). The number of hydrogen-bond acceptors (Lipinski definition) is 4. The molecule has 88 valence electrons. The van der Waals surface area contributed by atoms with Crippen molar-refractivity contribution in [1.82, 2.24) is 0 Å². The number of rotatable bonds is 3. The fourth-order valence-corrected chi connectivity index (χ4v) is 3.07. The van der Waals surface area contributed by atoms with E-state index >= 15 is 0 Å². The van der Waals surface area contributed by atoms with Gasteiger partial charge in [-0.25, -0.2) is 0 Å². The molecule has 0 saturated carbocycles. The number of thiophene rings is 1. The molecule has 0 atom stereocenters. The lowest BCUT2D eigenvalue weighted by molar-refractivity contribution is 0.174. The summed E-state index contributed by atoms with van der Waals surface area (Å²) in [5.41, 5.74) is 1.04. The Kier molecular flexibility index (Phi) is 2.94. The molecule has 0 amide bonds. The van der Waals surface area contributed by atoms with Crippen LogP contribution in [-0.4, -0.2) is 6.79 Å². The summed E-state index contributed by atoms with van der Waals surface area (Å²) in [6, 6.07) is 10.0. The van der Waals surface area contributed by atoms with E-state index in [0.717, 1.165) is 27.5 Å². The Morgan fingerprint density at radius 1 is 1.18 bits per heavy atom. The van der Waals surface area contributed by atoms with Gasteiger partial charge in [0.15, 0.2) is 11.5 Å². The lowest BCUT2D eigenvalue weighted by atomic mass is 10.3. The van der Waals surface area contributed by atoms with E-state index < -0.39 is 0 Å². The maximum absolute atomic E-state index is 5.33. The van der Waals surface area contributed by atoms with Gasteiger partial charge in [0.25, 0.3) is 0 Å². The van der Waals surface area contributed by atoms with Crippen LogP contribution in [0.5, 0.6) is 11.5 Å². The minimum absolute atomic E-state index is 0.316. The molecule has 0 fully saturated rings. The highest BCUT2D eigenvalue weighted by Crippen LogP contribution is 2.34. The first-order valence-corrected chi connectivity index (χ1v) is 6.80. The Hall–Kier alpha value is -1.20. The van der Waals surface area contributed by atoms with Crippen molar-refractivity contribution < 1.29 is 9.47 Å². The highest BCUT2D eigenvalue weighted by atomic mass is 79.9. The van der Waals surface area contributed by atoms with E-state index in [9.17, 15) is 0 Å². The summed E-state index contributed by atoms with van der Waals surface area (Å²) in [5.74, 6) is 1.62. The first kappa shape index (κ1) is 10.9. The van der Waals surface area contributed by atoms with Crippen molar-refractivity contribution >= 4 is 33.0 Å². The molecule has 2 heterocycles. The lowest BCUT2D eigenvalue weighted by Crippen LogP contribution is -1.96. The quantitative estimate of drug-likeness (QED) is 0.934. The summed E-state index contributed by atoms with van der Waals surface area (Å²) in [6.45, 7) is 1.13. The molecule has 1 aromatic heterocycles. The number of ether oxygens (including phenoxy) is 2. The van der Waals surface area contributed by atoms with Gasteiger partial charge in [0.1, 0.15) is 0 Å². The molecule has 0 spiro atoms. The van der Waals surface area contributed by atoms with Crippen molar-refractivity contribution in [3.63, 3.8) is 0 Å². The minimum Gasteiger partial charge on any atom is -0.454 e. The van der Waals surface area contributed by atoms with Crippen LogP contribution in [-0.2, 0) is 6.54 Å². The number of fused-ring (bicyclic) bond motifs is 1. The molecule has 3 nitrogen and oxygen atoms in total. The van der Waals surface area contributed by atoms with E-state index in [-0.39, 0.29) is 0 Å². The maximum atomic E-state index is 5.33. The summed E-state index contributed by atoms with van der Waals surface area (Å²) in [5, 5.41) is 3.36. The zero-order chi connectivity index (χ0) is 11.7. The van der Waals surface area contributed by atoms with Crippen molar-refractivity contribution in [3.8, 4) is 11.5 Å². The van der Waals surface area contributed by atoms with E-state index in [4.69, 9.17) is 9.47 Å². The van der Waals surface area contributed by atoms with Crippen LogP contribution in [0, 0.1) is 0 Å². The molecule has 1 aromatic carbocycles. The molecule has 1 aliphatic heterocycles. The zero-order valence-electron chi connectivity index (χ0n) is 8.90. The second kappa shape index (κ2) is 4.58. The van der Waals surface area contributed by atoms with E-state index in [2.05, 4.69) is 33.4 Å². The summed E-state index contributed by atoms with van der Waals surface area (Å²) in [4.78, 5) is 1.29. The molecule has 17 heavy (non-hydrogen) atoms. The summed E-state index contributed by atoms with van der Waals surface area (Å²) >= 11 is 5.18. The van der Waals surface area contributed by atoms with Gasteiger partial charge in [0.05, 0.1) is 3.79 Å². The second-order valence-corrected chi connectivity index (χ2v) is 6.17. The predicted octanol–water partition coefficient (Wildman–Crippen LogP) is 3.85. The molecule has 0 unspecified atom stereocenters. The van der Waals surface area contributed by atoms with Crippen LogP contribution in [0.2, 0.25) is 0 Å². The second-order valence-electron chi connectivity index (χ2n) is 3.63. The number of nitrogens with one attached hydrogen (secondary N) is 1. The number of benzene rings is 1. The standard InChI is InChI=1S/C12H10BrNO2S/c13-12-4-2-9(17-12)6-14-8-1-3-10-11(5-8)16-7-15-10/h1-5,14H,6-7H2. The van der Waals surface area contributed by atoms with Crippen LogP contribution in [0.1, 0.15) is 4.88 Å². The highest BCUT2D eigenvalue weighted by molar-refractivity contribution is 9.11. The monoisotopic (exact) mass is 311 g/mol. The van der Waals surface area contributed by atoms with E-state index in [1.54, 1.807) is 11.3 Å². The topological polar surface area (TPSA) is 30.5 Å². The average molecular weight is 312 g/mol. The van der Waals surface area contributed by atoms with Gasteiger partial charge in [0, 0.05) is 23.2 Å². The van der Waals surface area contributed by atoms with E-state index in [1.165, 1.54) is 4.88 Å². The fraction of sp³-hybridized carbons (Fsp3) is 0.167. The molecule has 0 bridgehead atoms. The largest absolute Gasteiger partial charge is 0.454 e. The van der Waals surface area contributed by atoms with Gasteiger partial charge in [-0.15, -0.1) is 11.3 Å². The smallest absolute Gasteiger partial charge is 0.231 e. The van der Waals surface area contributed by atoms with Gasteiger partial charge in [-0.3, -0.25) is 0 Å². The van der Waals surface area contributed by atoms with Crippen LogP contribution in [0.3, 0.4) is 0 Å². The zero-order valence-corrected chi connectivity index (χ0v) is 11.3. The van der Waals surface area contributed by atoms with Crippen LogP contribution >= 0.6 is 27.3 Å². The Morgan fingerprint density at radius 2 is 2.06 bits per heavy atom. The SMILES string of the molecule is Brc1ccc(CNc2ccc3c(c2)OCO3)s1. The summed E-state index contributed by atoms with van der Waals surface area (Å²) in [6.07, 6.45) is 0. The predicted molar refractivity (Wildman–Crippen MR) is 71.9 cm³/mol. The Morgan fingerprint density at radius 3 is 2.88 bits per heavy atom. The molecule has 0 radical (unpaired) electrons. The average Bonchev–Trinajstić information content (AvgIpc) is 2.94. The van der Waals surface area contributed by atoms with E-state index in [1.807, 2.05) is 18.2 Å². The number of anilines is 1. The molecular weight excluding hydrogens is 302 g/mol. The Labute approximate surface area is 111 Å². The Bertz CT molecular complexity index is 541. The van der Waals surface area contributed by atoms with Crippen molar-refractivity contribution in [3.05, 3.63) is 39.0 Å². The fourth-order valence-electron chi connectivity index (χ4n) is 1.64. The van der Waals surface area contributed by atoms with Crippen molar-refractivity contribution in [1.29, 1.82) is 0 Å². The molecule has 1 N–H and O–H groups in total. The third kappa shape index (κ3) is 2.40. The van der Waals surface area contributed by atoms with Crippen LogP contribution < -0.4 is 14.8 Å². The van der Waals surface area contributed by atoms with Crippen LogP contribution in [0.25, 0.3) is 0 Å². The number of halogens is 1. The first-order valence-electron chi connectivity index (χ1n) is 5.19.